The highest BCUT2D eigenvalue weighted by Gasteiger charge is 2.13. The minimum atomic E-state index is 0.0166. The van der Waals surface area contributed by atoms with Crippen LogP contribution in [0.4, 0.5) is 5.69 Å². The molecule has 1 aromatic heterocycles. The second-order valence-corrected chi connectivity index (χ2v) is 6.15. The summed E-state index contributed by atoms with van der Waals surface area (Å²) < 4.78 is 1.78. The molecule has 1 N–H and O–H groups in total. The molecular formula is C10H17N3OS. The molecule has 1 amide bonds. The standard InChI is InChI=1S/C10H17N3OS/c1-10(2,3)15-7-9(14)12-8-5-11-13(4)6-8/h5-6H,7H2,1-4H3,(H,12,14). The first-order valence-corrected chi connectivity index (χ1v) is 5.78. The number of nitrogens with one attached hydrogen (secondary N) is 1. The summed E-state index contributed by atoms with van der Waals surface area (Å²) in [6, 6.07) is 0. The Balaban J connectivity index is 2.37. The molecule has 0 bridgehead atoms. The summed E-state index contributed by atoms with van der Waals surface area (Å²) in [6.45, 7) is 6.28. The topological polar surface area (TPSA) is 46.9 Å². The van der Waals surface area contributed by atoms with Crippen LogP contribution in [0.2, 0.25) is 0 Å². The number of amides is 1. The summed E-state index contributed by atoms with van der Waals surface area (Å²) in [7, 11) is 1.82. The van der Waals surface area contributed by atoms with Crippen LogP contribution in [0.1, 0.15) is 20.8 Å². The first kappa shape index (κ1) is 12.1. The minimum absolute atomic E-state index is 0.0166. The molecule has 84 valence electrons. The van der Waals surface area contributed by atoms with Gasteiger partial charge in [0, 0.05) is 18.0 Å². The van der Waals surface area contributed by atoms with Gasteiger partial charge in [-0.15, -0.1) is 11.8 Å². The van der Waals surface area contributed by atoms with Crippen LogP contribution in [0.15, 0.2) is 12.4 Å². The molecule has 0 unspecified atom stereocenters. The van der Waals surface area contributed by atoms with Crippen molar-refractivity contribution >= 4 is 23.4 Å². The van der Waals surface area contributed by atoms with E-state index in [1.54, 1.807) is 28.8 Å². The van der Waals surface area contributed by atoms with Crippen LogP contribution in [-0.4, -0.2) is 26.2 Å². The SMILES string of the molecule is Cn1cc(NC(=O)CSC(C)(C)C)cn1. The summed E-state index contributed by atoms with van der Waals surface area (Å²) in [5.74, 6) is 0.487. The van der Waals surface area contributed by atoms with E-state index in [-0.39, 0.29) is 10.7 Å². The zero-order chi connectivity index (χ0) is 11.5. The van der Waals surface area contributed by atoms with Gasteiger partial charge in [-0.05, 0) is 0 Å². The molecule has 0 atom stereocenters. The van der Waals surface area contributed by atoms with E-state index in [2.05, 4.69) is 31.2 Å². The monoisotopic (exact) mass is 227 g/mol. The van der Waals surface area contributed by atoms with E-state index >= 15 is 0 Å². The van der Waals surface area contributed by atoms with Gasteiger partial charge in [0.2, 0.25) is 5.91 Å². The molecule has 0 saturated heterocycles. The van der Waals surface area contributed by atoms with Crippen LogP contribution in [-0.2, 0) is 11.8 Å². The van der Waals surface area contributed by atoms with Crippen molar-refractivity contribution in [1.82, 2.24) is 9.78 Å². The first-order valence-electron chi connectivity index (χ1n) is 4.79. The van der Waals surface area contributed by atoms with Gasteiger partial charge in [0.05, 0.1) is 17.6 Å². The summed E-state index contributed by atoms with van der Waals surface area (Å²) in [5, 5.41) is 6.77. The maximum atomic E-state index is 11.5. The van der Waals surface area contributed by atoms with Gasteiger partial charge >= 0.3 is 0 Å². The Bertz CT molecular complexity index is 341. The van der Waals surface area contributed by atoms with Crippen molar-refractivity contribution in [1.29, 1.82) is 0 Å². The summed E-state index contributed by atoms with van der Waals surface area (Å²) in [5.41, 5.74) is 0.747. The van der Waals surface area contributed by atoms with Gasteiger partial charge in [0.1, 0.15) is 0 Å². The Morgan fingerprint density at radius 3 is 2.73 bits per heavy atom. The highest BCUT2D eigenvalue weighted by Crippen LogP contribution is 2.22. The van der Waals surface area contributed by atoms with Gasteiger partial charge in [0.15, 0.2) is 0 Å². The molecule has 0 radical (unpaired) electrons. The predicted molar refractivity (Wildman–Crippen MR) is 64.0 cm³/mol. The largest absolute Gasteiger partial charge is 0.323 e. The number of aromatic nitrogens is 2. The third kappa shape index (κ3) is 4.88. The Morgan fingerprint density at radius 2 is 2.27 bits per heavy atom. The van der Waals surface area contributed by atoms with Gasteiger partial charge in [-0.25, -0.2) is 0 Å². The number of aryl methyl sites for hydroxylation is 1. The van der Waals surface area contributed by atoms with E-state index in [1.807, 2.05) is 7.05 Å². The second kappa shape index (κ2) is 4.70. The second-order valence-electron chi connectivity index (χ2n) is 4.35. The molecule has 5 heteroatoms. The molecule has 1 rings (SSSR count). The van der Waals surface area contributed by atoms with Crippen LogP contribution in [0.25, 0.3) is 0 Å². The van der Waals surface area contributed by atoms with Crippen molar-refractivity contribution in [3.8, 4) is 0 Å². The maximum absolute atomic E-state index is 11.5. The van der Waals surface area contributed by atoms with E-state index in [1.165, 1.54) is 0 Å². The quantitative estimate of drug-likeness (QED) is 0.857. The minimum Gasteiger partial charge on any atom is -0.323 e. The van der Waals surface area contributed by atoms with Gasteiger partial charge in [-0.1, -0.05) is 20.8 Å². The molecule has 0 aromatic carbocycles. The lowest BCUT2D eigenvalue weighted by Crippen LogP contribution is -2.18. The lowest BCUT2D eigenvalue weighted by atomic mass is 10.3. The maximum Gasteiger partial charge on any atom is 0.234 e. The molecule has 0 aliphatic carbocycles. The zero-order valence-electron chi connectivity index (χ0n) is 9.57. The lowest BCUT2D eigenvalue weighted by molar-refractivity contribution is -0.113. The Morgan fingerprint density at radius 1 is 1.60 bits per heavy atom. The van der Waals surface area contributed by atoms with Crippen LogP contribution in [0.5, 0.6) is 0 Å². The molecule has 0 saturated carbocycles. The Labute approximate surface area is 94.4 Å². The Kier molecular flexibility index (Phi) is 3.79. The third-order valence-corrected chi connectivity index (χ3v) is 2.90. The molecule has 4 nitrogen and oxygen atoms in total. The first-order chi connectivity index (χ1) is 6.87. The van der Waals surface area contributed by atoms with Gasteiger partial charge in [-0.2, -0.15) is 5.10 Å². The number of rotatable bonds is 3. The summed E-state index contributed by atoms with van der Waals surface area (Å²) in [4.78, 5) is 11.5. The van der Waals surface area contributed by atoms with Crippen molar-refractivity contribution in [2.75, 3.05) is 11.1 Å². The fourth-order valence-corrected chi connectivity index (χ4v) is 1.60. The highest BCUT2D eigenvalue weighted by atomic mass is 32.2. The van der Waals surface area contributed by atoms with Gasteiger partial charge in [0.25, 0.3) is 0 Å². The molecule has 0 fully saturated rings. The van der Waals surface area contributed by atoms with E-state index in [4.69, 9.17) is 0 Å². The number of hydrogen-bond acceptors (Lipinski definition) is 3. The van der Waals surface area contributed by atoms with E-state index in [9.17, 15) is 4.79 Å². The highest BCUT2D eigenvalue weighted by molar-refractivity contribution is 8.01. The molecule has 15 heavy (non-hydrogen) atoms. The number of thioether (sulfide) groups is 1. The zero-order valence-corrected chi connectivity index (χ0v) is 10.4. The smallest absolute Gasteiger partial charge is 0.234 e. The van der Waals surface area contributed by atoms with E-state index in [0.717, 1.165) is 5.69 Å². The van der Waals surface area contributed by atoms with Crippen LogP contribution in [0, 0.1) is 0 Å². The van der Waals surface area contributed by atoms with Gasteiger partial charge in [-0.3, -0.25) is 9.48 Å². The van der Waals surface area contributed by atoms with Crippen molar-refractivity contribution in [3.05, 3.63) is 12.4 Å². The molecule has 1 aromatic rings. The van der Waals surface area contributed by atoms with Crippen molar-refractivity contribution in [2.45, 2.75) is 25.5 Å². The number of carbonyl (C=O) groups excluding carboxylic acids is 1. The number of hydrogen-bond donors (Lipinski definition) is 1. The molecule has 0 aliphatic heterocycles. The van der Waals surface area contributed by atoms with Crippen LogP contribution in [0.3, 0.4) is 0 Å². The molecule has 0 spiro atoms. The van der Waals surface area contributed by atoms with Crippen molar-refractivity contribution < 1.29 is 4.79 Å². The molecule has 0 aliphatic rings. The average Bonchev–Trinajstić information content (AvgIpc) is 2.47. The van der Waals surface area contributed by atoms with E-state index < -0.39 is 0 Å². The predicted octanol–water partition coefficient (Wildman–Crippen LogP) is 1.89. The summed E-state index contributed by atoms with van der Waals surface area (Å²) in [6.07, 6.45) is 3.42. The van der Waals surface area contributed by atoms with E-state index in [0.29, 0.717) is 5.75 Å². The number of anilines is 1. The van der Waals surface area contributed by atoms with Crippen LogP contribution < -0.4 is 5.32 Å². The molecule has 1 heterocycles. The Hall–Kier alpha value is -0.970. The normalized spacial score (nSPS) is 11.5. The van der Waals surface area contributed by atoms with Crippen LogP contribution >= 0.6 is 11.8 Å². The lowest BCUT2D eigenvalue weighted by Gasteiger charge is -2.16. The summed E-state index contributed by atoms with van der Waals surface area (Å²) >= 11 is 1.63. The van der Waals surface area contributed by atoms with Crippen molar-refractivity contribution in [2.24, 2.45) is 7.05 Å². The van der Waals surface area contributed by atoms with Gasteiger partial charge < -0.3 is 5.32 Å². The fourth-order valence-electron chi connectivity index (χ4n) is 0.965. The number of nitrogens with zero attached hydrogens (tertiary/aromatic N) is 2. The van der Waals surface area contributed by atoms with Crippen molar-refractivity contribution in [3.63, 3.8) is 0 Å². The average molecular weight is 227 g/mol. The molecular weight excluding hydrogens is 210 g/mol. The third-order valence-electron chi connectivity index (χ3n) is 1.62. The number of carbonyl (C=O) groups is 1. The fraction of sp³-hybridized carbons (Fsp3) is 0.600.